The lowest BCUT2D eigenvalue weighted by molar-refractivity contribution is 0.336. The molecule has 1 rings (SSSR count). The Bertz CT molecular complexity index is 591. The highest BCUT2D eigenvalue weighted by Gasteiger charge is 2.05. The number of nitrogens with one attached hydrogen (secondary N) is 2. The number of hydrogen-bond donors (Lipinski definition) is 2. The number of para-hydroxylation sites is 1. The standard InChI is InChI=1S/C15H25N3O3S.HI/c1-4-21-14-9-6-5-8-13(14)12-18-15(16-2)17-10-7-11-22(3,19)20;/h5-6,8-9H,4,7,10-12H2,1-3H3,(H2,16,17,18);1H. The smallest absolute Gasteiger partial charge is 0.191 e. The van der Waals surface area contributed by atoms with Crippen LogP contribution in [-0.4, -0.2) is 46.6 Å². The fourth-order valence-electron chi connectivity index (χ4n) is 1.89. The van der Waals surface area contributed by atoms with Crippen molar-refractivity contribution in [3.8, 4) is 5.75 Å². The molecule has 0 bridgehead atoms. The Morgan fingerprint density at radius 1 is 1.26 bits per heavy atom. The highest BCUT2D eigenvalue weighted by Crippen LogP contribution is 2.17. The molecule has 0 atom stereocenters. The molecule has 132 valence electrons. The van der Waals surface area contributed by atoms with E-state index in [-0.39, 0.29) is 29.7 Å². The lowest BCUT2D eigenvalue weighted by Gasteiger charge is -2.14. The largest absolute Gasteiger partial charge is 0.494 e. The highest BCUT2D eigenvalue weighted by molar-refractivity contribution is 14.0. The summed E-state index contributed by atoms with van der Waals surface area (Å²) in [6.45, 7) is 3.71. The zero-order valence-electron chi connectivity index (χ0n) is 13.8. The minimum atomic E-state index is -2.91. The van der Waals surface area contributed by atoms with Crippen LogP contribution in [0.15, 0.2) is 29.3 Å². The average Bonchev–Trinajstić information content (AvgIpc) is 2.47. The maximum absolute atomic E-state index is 11.1. The van der Waals surface area contributed by atoms with Crippen LogP contribution in [0.4, 0.5) is 0 Å². The van der Waals surface area contributed by atoms with Crippen LogP contribution in [0.25, 0.3) is 0 Å². The maximum Gasteiger partial charge on any atom is 0.191 e. The number of guanidine groups is 1. The molecule has 8 heteroatoms. The summed E-state index contributed by atoms with van der Waals surface area (Å²) in [6, 6.07) is 7.83. The van der Waals surface area contributed by atoms with E-state index >= 15 is 0 Å². The van der Waals surface area contributed by atoms with Crippen molar-refractivity contribution in [1.29, 1.82) is 0 Å². The number of aliphatic imine (C=N–C) groups is 1. The highest BCUT2D eigenvalue weighted by atomic mass is 127. The van der Waals surface area contributed by atoms with E-state index in [1.54, 1.807) is 7.05 Å². The number of ether oxygens (including phenoxy) is 1. The van der Waals surface area contributed by atoms with Crippen molar-refractivity contribution in [1.82, 2.24) is 10.6 Å². The lowest BCUT2D eigenvalue weighted by atomic mass is 10.2. The van der Waals surface area contributed by atoms with E-state index in [1.165, 1.54) is 6.26 Å². The molecule has 2 N–H and O–H groups in total. The number of sulfone groups is 1. The minimum absolute atomic E-state index is 0. The van der Waals surface area contributed by atoms with E-state index < -0.39 is 9.84 Å². The first-order chi connectivity index (χ1) is 10.5. The second-order valence-electron chi connectivity index (χ2n) is 4.88. The number of hydrogen-bond acceptors (Lipinski definition) is 4. The molecule has 0 saturated heterocycles. The van der Waals surface area contributed by atoms with Gasteiger partial charge in [0.05, 0.1) is 12.4 Å². The van der Waals surface area contributed by atoms with Crippen LogP contribution in [0.3, 0.4) is 0 Å². The SMILES string of the molecule is CCOc1ccccc1CNC(=NC)NCCCS(C)(=O)=O.I. The third-order valence-electron chi connectivity index (χ3n) is 2.93. The van der Waals surface area contributed by atoms with Gasteiger partial charge in [-0.3, -0.25) is 4.99 Å². The second kappa shape index (κ2) is 11.5. The molecular formula is C15H26IN3O3S. The van der Waals surface area contributed by atoms with Crippen LogP contribution in [-0.2, 0) is 16.4 Å². The summed E-state index contributed by atoms with van der Waals surface area (Å²) in [6.07, 6.45) is 1.79. The molecule has 0 aliphatic rings. The quantitative estimate of drug-likeness (QED) is 0.271. The molecule has 0 fully saturated rings. The van der Waals surface area contributed by atoms with Crippen molar-refractivity contribution in [3.05, 3.63) is 29.8 Å². The summed E-state index contributed by atoms with van der Waals surface area (Å²) >= 11 is 0. The van der Waals surface area contributed by atoms with Crippen LogP contribution in [0.5, 0.6) is 5.75 Å². The van der Waals surface area contributed by atoms with Crippen molar-refractivity contribution < 1.29 is 13.2 Å². The lowest BCUT2D eigenvalue weighted by Crippen LogP contribution is -2.37. The van der Waals surface area contributed by atoms with Crippen molar-refractivity contribution in [2.24, 2.45) is 4.99 Å². The normalized spacial score (nSPS) is 11.5. The first kappa shape index (κ1) is 22.0. The summed E-state index contributed by atoms with van der Waals surface area (Å²) in [4.78, 5) is 4.12. The van der Waals surface area contributed by atoms with E-state index in [1.807, 2.05) is 31.2 Å². The average molecular weight is 455 g/mol. The zero-order valence-corrected chi connectivity index (χ0v) is 17.0. The summed E-state index contributed by atoms with van der Waals surface area (Å²) < 4.78 is 27.7. The van der Waals surface area contributed by atoms with E-state index in [0.717, 1.165) is 11.3 Å². The second-order valence-corrected chi connectivity index (χ2v) is 7.14. The Hall–Kier alpha value is -1.03. The van der Waals surface area contributed by atoms with Gasteiger partial charge in [-0.15, -0.1) is 24.0 Å². The number of rotatable bonds is 8. The van der Waals surface area contributed by atoms with Gasteiger partial charge in [0.2, 0.25) is 0 Å². The van der Waals surface area contributed by atoms with Crippen LogP contribution in [0, 0.1) is 0 Å². The third-order valence-corrected chi connectivity index (χ3v) is 3.96. The molecule has 23 heavy (non-hydrogen) atoms. The molecule has 0 aromatic heterocycles. The summed E-state index contributed by atoms with van der Waals surface area (Å²) in [5.41, 5.74) is 1.04. The van der Waals surface area contributed by atoms with Crippen LogP contribution >= 0.6 is 24.0 Å². The number of halogens is 1. The van der Waals surface area contributed by atoms with Gasteiger partial charge < -0.3 is 15.4 Å². The molecule has 0 aliphatic heterocycles. The molecule has 0 radical (unpaired) electrons. The fraction of sp³-hybridized carbons (Fsp3) is 0.533. The topological polar surface area (TPSA) is 79.8 Å². The van der Waals surface area contributed by atoms with E-state index in [2.05, 4.69) is 15.6 Å². The maximum atomic E-state index is 11.1. The van der Waals surface area contributed by atoms with Gasteiger partial charge in [-0.1, -0.05) is 18.2 Å². The van der Waals surface area contributed by atoms with Crippen molar-refractivity contribution >= 4 is 39.8 Å². The van der Waals surface area contributed by atoms with Gasteiger partial charge in [0.15, 0.2) is 5.96 Å². The monoisotopic (exact) mass is 455 g/mol. The summed E-state index contributed by atoms with van der Waals surface area (Å²) in [5, 5.41) is 6.29. The van der Waals surface area contributed by atoms with Gasteiger partial charge in [-0.25, -0.2) is 8.42 Å². The minimum Gasteiger partial charge on any atom is -0.494 e. The van der Waals surface area contributed by atoms with Gasteiger partial charge in [0, 0.05) is 32.0 Å². The Balaban J connectivity index is 0.00000484. The van der Waals surface area contributed by atoms with E-state index in [0.29, 0.717) is 32.1 Å². The van der Waals surface area contributed by atoms with Crippen LogP contribution < -0.4 is 15.4 Å². The molecule has 0 spiro atoms. The Morgan fingerprint density at radius 3 is 2.57 bits per heavy atom. The van der Waals surface area contributed by atoms with Gasteiger partial charge in [0.1, 0.15) is 15.6 Å². The zero-order chi connectivity index (χ0) is 16.4. The molecule has 1 aromatic rings. The molecular weight excluding hydrogens is 429 g/mol. The van der Waals surface area contributed by atoms with Crippen molar-refractivity contribution in [3.63, 3.8) is 0 Å². The molecule has 1 aromatic carbocycles. The molecule has 0 amide bonds. The Kier molecular flexibility index (Phi) is 11.0. The number of benzene rings is 1. The van der Waals surface area contributed by atoms with Crippen LogP contribution in [0.1, 0.15) is 18.9 Å². The first-order valence-corrected chi connectivity index (χ1v) is 9.35. The molecule has 0 unspecified atom stereocenters. The Labute approximate surface area is 156 Å². The molecule has 0 aliphatic carbocycles. The number of nitrogens with zero attached hydrogens (tertiary/aromatic N) is 1. The van der Waals surface area contributed by atoms with Gasteiger partial charge in [0.25, 0.3) is 0 Å². The van der Waals surface area contributed by atoms with Crippen molar-refractivity contribution in [2.75, 3.05) is 32.2 Å². The molecule has 6 nitrogen and oxygen atoms in total. The predicted molar refractivity (Wildman–Crippen MR) is 106 cm³/mol. The van der Waals surface area contributed by atoms with E-state index in [9.17, 15) is 8.42 Å². The van der Waals surface area contributed by atoms with Gasteiger partial charge in [-0.2, -0.15) is 0 Å². The molecule has 0 heterocycles. The van der Waals surface area contributed by atoms with Gasteiger partial charge in [-0.05, 0) is 19.4 Å². The fourth-order valence-corrected chi connectivity index (χ4v) is 2.56. The van der Waals surface area contributed by atoms with Crippen LogP contribution in [0.2, 0.25) is 0 Å². The van der Waals surface area contributed by atoms with E-state index in [4.69, 9.17) is 4.74 Å². The van der Waals surface area contributed by atoms with Gasteiger partial charge >= 0.3 is 0 Å². The predicted octanol–water partition coefficient (Wildman–Crippen LogP) is 1.80. The Morgan fingerprint density at radius 2 is 1.96 bits per heavy atom. The molecule has 0 saturated carbocycles. The van der Waals surface area contributed by atoms with Crippen molar-refractivity contribution in [2.45, 2.75) is 19.9 Å². The third kappa shape index (κ3) is 9.65. The summed E-state index contributed by atoms with van der Waals surface area (Å²) in [5.74, 6) is 1.66. The summed E-state index contributed by atoms with van der Waals surface area (Å²) in [7, 11) is -1.23. The first-order valence-electron chi connectivity index (χ1n) is 7.29.